The van der Waals surface area contributed by atoms with Crippen LogP contribution in [0.3, 0.4) is 0 Å². The summed E-state index contributed by atoms with van der Waals surface area (Å²) in [6.07, 6.45) is 0.899. The lowest BCUT2D eigenvalue weighted by Gasteiger charge is -2.16. The molecule has 2 heterocycles. The third kappa shape index (κ3) is 4.62. The monoisotopic (exact) mass is 330 g/mol. The maximum atomic E-state index is 12.2. The van der Waals surface area contributed by atoms with Gasteiger partial charge in [-0.3, -0.25) is 9.59 Å². The molecular formula is C13H18N2O4S2. The predicted octanol–water partition coefficient (Wildman–Crippen LogP) is 0.630. The van der Waals surface area contributed by atoms with Crippen molar-refractivity contribution in [3.05, 3.63) is 21.9 Å². The minimum Gasteiger partial charge on any atom is -0.342 e. The number of hydrogen-bond donors (Lipinski definition) is 1. The van der Waals surface area contributed by atoms with Crippen molar-refractivity contribution in [2.24, 2.45) is 11.1 Å². The molecule has 0 spiro atoms. The summed E-state index contributed by atoms with van der Waals surface area (Å²) in [5.74, 6) is -0.212. The van der Waals surface area contributed by atoms with Crippen molar-refractivity contribution in [2.45, 2.75) is 19.8 Å². The van der Waals surface area contributed by atoms with Crippen LogP contribution in [0.2, 0.25) is 0 Å². The van der Waals surface area contributed by atoms with Gasteiger partial charge in [0.05, 0.1) is 17.1 Å². The second-order valence-corrected chi connectivity index (χ2v) is 7.95. The number of carbonyl (C=O) groups excluding carboxylic acids is 2. The van der Waals surface area contributed by atoms with E-state index in [0.717, 1.165) is 5.56 Å². The number of nitrogens with two attached hydrogens (primary N) is 1. The molecule has 2 N–H and O–H groups in total. The standard InChI is InChI=1S/C13H18N2O4S2/c1-9(16)12-4-11(7-20-12)5-13(17)15-3-2-10(6-15)8-21(14,18)19/h4,7,10H,2-3,5-6,8H2,1H3,(H2,14,18,19)/t10-/m1/s1. The topological polar surface area (TPSA) is 97.5 Å². The molecule has 1 amide bonds. The quantitative estimate of drug-likeness (QED) is 0.801. The van der Waals surface area contributed by atoms with Crippen molar-refractivity contribution in [3.63, 3.8) is 0 Å². The van der Waals surface area contributed by atoms with Gasteiger partial charge in [-0.15, -0.1) is 11.3 Å². The Morgan fingerprint density at radius 2 is 2.19 bits per heavy atom. The summed E-state index contributed by atoms with van der Waals surface area (Å²) in [6, 6.07) is 1.74. The number of nitrogens with zero attached hydrogens (tertiary/aromatic N) is 1. The minimum atomic E-state index is -3.50. The number of likely N-dealkylation sites (tertiary alicyclic amines) is 1. The van der Waals surface area contributed by atoms with Crippen LogP contribution in [0, 0.1) is 5.92 Å². The molecule has 0 bridgehead atoms. The van der Waals surface area contributed by atoms with Gasteiger partial charge in [0.2, 0.25) is 15.9 Å². The van der Waals surface area contributed by atoms with Gasteiger partial charge < -0.3 is 4.90 Å². The molecule has 0 radical (unpaired) electrons. The van der Waals surface area contributed by atoms with Gasteiger partial charge >= 0.3 is 0 Å². The lowest BCUT2D eigenvalue weighted by molar-refractivity contribution is -0.129. The van der Waals surface area contributed by atoms with Gasteiger partial charge in [-0.2, -0.15) is 0 Å². The van der Waals surface area contributed by atoms with Crippen LogP contribution in [0.1, 0.15) is 28.6 Å². The van der Waals surface area contributed by atoms with E-state index in [1.807, 2.05) is 5.38 Å². The van der Waals surface area contributed by atoms with E-state index in [1.54, 1.807) is 11.0 Å². The molecule has 8 heteroatoms. The zero-order chi connectivity index (χ0) is 15.6. The molecule has 1 fully saturated rings. The largest absolute Gasteiger partial charge is 0.342 e. The maximum Gasteiger partial charge on any atom is 0.227 e. The molecular weight excluding hydrogens is 312 g/mol. The Morgan fingerprint density at radius 3 is 2.76 bits per heavy atom. The maximum absolute atomic E-state index is 12.2. The first-order valence-electron chi connectivity index (χ1n) is 6.61. The molecule has 1 aliphatic rings. The lowest BCUT2D eigenvalue weighted by Crippen LogP contribution is -2.31. The summed E-state index contributed by atoms with van der Waals surface area (Å²) in [5, 5.41) is 6.84. The second-order valence-electron chi connectivity index (χ2n) is 5.38. The highest BCUT2D eigenvalue weighted by Gasteiger charge is 2.28. The summed E-state index contributed by atoms with van der Waals surface area (Å²) >= 11 is 1.33. The van der Waals surface area contributed by atoms with Gasteiger partial charge in [0.1, 0.15) is 0 Å². The first kappa shape index (κ1) is 16.1. The lowest BCUT2D eigenvalue weighted by atomic mass is 10.1. The van der Waals surface area contributed by atoms with Crippen LogP contribution >= 0.6 is 11.3 Å². The van der Waals surface area contributed by atoms with Crippen molar-refractivity contribution in [1.29, 1.82) is 0 Å². The number of carbonyl (C=O) groups is 2. The van der Waals surface area contributed by atoms with Crippen LogP contribution in [0.4, 0.5) is 0 Å². The highest BCUT2D eigenvalue weighted by molar-refractivity contribution is 7.89. The Hall–Kier alpha value is -1.25. The van der Waals surface area contributed by atoms with E-state index in [2.05, 4.69) is 0 Å². The predicted molar refractivity (Wildman–Crippen MR) is 80.7 cm³/mol. The molecule has 21 heavy (non-hydrogen) atoms. The zero-order valence-electron chi connectivity index (χ0n) is 11.7. The van der Waals surface area contributed by atoms with Gasteiger partial charge in [0, 0.05) is 13.1 Å². The minimum absolute atomic E-state index is 0.00640. The summed E-state index contributed by atoms with van der Waals surface area (Å²) in [4.78, 5) is 25.7. The Morgan fingerprint density at radius 1 is 1.48 bits per heavy atom. The third-order valence-corrected chi connectivity index (χ3v) is 5.48. The number of amides is 1. The van der Waals surface area contributed by atoms with Crippen LogP contribution in [0.15, 0.2) is 11.4 Å². The van der Waals surface area contributed by atoms with Crippen LogP contribution in [0.25, 0.3) is 0 Å². The van der Waals surface area contributed by atoms with Crippen molar-refractivity contribution >= 4 is 33.1 Å². The van der Waals surface area contributed by atoms with Crippen molar-refractivity contribution in [2.75, 3.05) is 18.8 Å². The van der Waals surface area contributed by atoms with E-state index in [1.165, 1.54) is 18.3 Å². The fraction of sp³-hybridized carbons (Fsp3) is 0.538. The van der Waals surface area contributed by atoms with E-state index in [9.17, 15) is 18.0 Å². The molecule has 2 rings (SSSR count). The highest BCUT2D eigenvalue weighted by Crippen LogP contribution is 2.20. The average Bonchev–Trinajstić information content (AvgIpc) is 2.96. The average molecular weight is 330 g/mol. The summed E-state index contributed by atoms with van der Waals surface area (Å²) < 4.78 is 22.1. The van der Waals surface area contributed by atoms with Gasteiger partial charge in [-0.05, 0) is 36.3 Å². The van der Waals surface area contributed by atoms with Crippen LogP contribution in [-0.4, -0.2) is 43.9 Å². The van der Waals surface area contributed by atoms with E-state index in [0.29, 0.717) is 24.4 Å². The SMILES string of the molecule is CC(=O)c1cc(CC(=O)N2CC[C@@H](CS(N)(=O)=O)C2)cs1. The Balaban J connectivity index is 1.91. The molecule has 116 valence electrons. The van der Waals surface area contributed by atoms with E-state index in [4.69, 9.17) is 5.14 Å². The van der Waals surface area contributed by atoms with Crippen molar-refractivity contribution in [1.82, 2.24) is 4.90 Å². The zero-order valence-corrected chi connectivity index (χ0v) is 13.4. The third-order valence-electron chi connectivity index (χ3n) is 3.46. The van der Waals surface area contributed by atoms with Gasteiger partial charge in [-0.1, -0.05) is 0 Å². The summed E-state index contributed by atoms with van der Waals surface area (Å²) in [7, 11) is -3.50. The molecule has 0 saturated carbocycles. The van der Waals surface area contributed by atoms with Gasteiger partial charge in [-0.25, -0.2) is 13.6 Å². The number of Topliss-reactive ketones (excluding diaryl/α,β-unsaturated/α-hetero) is 1. The number of thiophene rings is 1. The molecule has 0 unspecified atom stereocenters. The number of rotatable bonds is 5. The van der Waals surface area contributed by atoms with Crippen molar-refractivity contribution < 1.29 is 18.0 Å². The number of sulfonamides is 1. The first-order chi connectivity index (χ1) is 9.74. The molecule has 6 nitrogen and oxygen atoms in total. The Labute approximate surface area is 128 Å². The Kier molecular flexibility index (Phi) is 4.80. The van der Waals surface area contributed by atoms with E-state index >= 15 is 0 Å². The van der Waals surface area contributed by atoms with Crippen LogP contribution in [0.5, 0.6) is 0 Å². The first-order valence-corrected chi connectivity index (χ1v) is 9.20. The van der Waals surface area contributed by atoms with E-state index < -0.39 is 10.0 Å². The Bertz CT molecular complexity index is 651. The molecule has 1 aromatic heterocycles. The number of primary sulfonamides is 1. The molecule has 1 aromatic rings. The van der Waals surface area contributed by atoms with Crippen LogP contribution in [-0.2, 0) is 21.2 Å². The normalized spacial score (nSPS) is 19.0. The van der Waals surface area contributed by atoms with Gasteiger partial charge in [0.25, 0.3) is 0 Å². The molecule has 1 saturated heterocycles. The number of ketones is 1. The molecule has 0 aromatic carbocycles. The van der Waals surface area contributed by atoms with Crippen molar-refractivity contribution in [3.8, 4) is 0 Å². The van der Waals surface area contributed by atoms with E-state index in [-0.39, 0.29) is 29.8 Å². The second kappa shape index (κ2) is 6.25. The van der Waals surface area contributed by atoms with Crippen LogP contribution < -0.4 is 5.14 Å². The smallest absolute Gasteiger partial charge is 0.227 e. The molecule has 1 atom stereocenters. The highest BCUT2D eigenvalue weighted by atomic mass is 32.2. The number of hydrogen-bond acceptors (Lipinski definition) is 5. The van der Waals surface area contributed by atoms with Gasteiger partial charge in [0.15, 0.2) is 5.78 Å². The summed E-state index contributed by atoms with van der Waals surface area (Å²) in [5.41, 5.74) is 0.824. The molecule has 0 aliphatic carbocycles. The molecule has 1 aliphatic heterocycles. The summed E-state index contributed by atoms with van der Waals surface area (Å²) in [6.45, 7) is 2.48. The fourth-order valence-corrected chi connectivity index (χ4v) is 4.21. The fourth-order valence-electron chi connectivity index (χ4n) is 2.46.